The van der Waals surface area contributed by atoms with Crippen LogP contribution in [0.2, 0.25) is 0 Å². The fourth-order valence-electron chi connectivity index (χ4n) is 0. The largest absolute Gasteiger partial charge is 0 e. The van der Waals surface area contributed by atoms with Gasteiger partial charge in [0.05, 0.1) is 0 Å². The summed E-state index contributed by atoms with van der Waals surface area (Å²) in [5, 5.41) is 6.89. The van der Waals surface area contributed by atoms with Crippen molar-refractivity contribution in [2.75, 3.05) is 0 Å². The van der Waals surface area contributed by atoms with Gasteiger partial charge in [0.1, 0.15) is 0 Å². The van der Waals surface area contributed by atoms with Crippen molar-refractivity contribution in [2.24, 2.45) is 0 Å². The van der Waals surface area contributed by atoms with Crippen LogP contribution in [0, 0.1) is 0 Å². The van der Waals surface area contributed by atoms with Gasteiger partial charge in [0.15, 0.2) is 0 Å². The molecule has 5 heavy (non-hydrogen) atoms. The molecule has 0 saturated carbocycles. The third kappa shape index (κ3) is 58.1. The van der Waals surface area contributed by atoms with Crippen molar-refractivity contribution in [1.29, 1.82) is 0 Å². The van der Waals surface area contributed by atoms with E-state index in [0.29, 0.717) is 0 Å². The molecule has 0 fully saturated rings. The Kier molecular flexibility index (Phi) is 72.6. The summed E-state index contributed by atoms with van der Waals surface area (Å²) in [5.41, 5.74) is 0. The molecule has 0 atom stereocenters. The Bertz CT molecular complexity index is 17.1. The summed E-state index contributed by atoms with van der Waals surface area (Å²) in [6.07, 6.45) is 0. The molecule has 1 N–H and O–H groups in total. The molecule has 0 amide bonds. The second-order valence-corrected chi connectivity index (χ2v) is 0.105. The second kappa shape index (κ2) is 21.3. The maximum Gasteiger partial charge on any atom is 0 e. The fourth-order valence-corrected chi connectivity index (χ4v) is 0. The summed E-state index contributed by atoms with van der Waals surface area (Å²) in [5.74, 6) is 0. The smallest absolute Gasteiger partial charge is 0 e. The van der Waals surface area contributed by atoms with Crippen LogP contribution in [0.1, 0.15) is 0 Å². The van der Waals surface area contributed by atoms with Gasteiger partial charge in [0.2, 0.25) is 0 Å². The maximum absolute atomic E-state index is 8.36. The maximum atomic E-state index is 8.36. The average molecular weight is 147 g/mol. The summed E-state index contributed by atoms with van der Waals surface area (Å²) in [6, 6.07) is 0. The first-order chi connectivity index (χ1) is 1.41. The van der Waals surface area contributed by atoms with Crippen molar-refractivity contribution in [3.63, 3.8) is 0 Å². The first-order valence-corrected chi connectivity index (χ1v) is 0.494. The number of carbonyl (C=O) groups is 1. The van der Waals surface area contributed by atoms with Gasteiger partial charge < -0.3 is 5.11 Å². The van der Waals surface area contributed by atoms with Gasteiger partial charge in [-0.2, -0.15) is 0 Å². The van der Waals surface area contributed by atoms with Crippen molar-refractivity contribution >= 4 is 25.3 Å². The Morgan fingerprint density at radius 3 is 1.60 bits per heavy atom. The van der Waals surface area contributed by atoms with E-state index in [2.05, 4.69) is 0 Å². The van der Waals surface area contributed by atoms with Crippen LogP contribution in [0.5, 0.6) is 0 Å². The van der Waals surface area contributed by atoms with Gasteiger partial charge in [-0.1, -0.05) is 0 Å². The van der Waals surface area contributed by atoms with E-state index in [4.69, 9.17) is 9.90 Å². The Balaban J connectivity index is -0.0000000200. The van der Waals surface area contributed by atoms with Crippen LogP contribution < -0.4 is 0 Å². The zero-order valence-electron chi connectivity index (χ0n) is 1.88. The topological polar surface area (TPSA) is 37.3 Å². The summed E-state index contributed by atoms with van der Waals surface area (Å²) in [4.78, 5) is 8.36. The van der Waals surface area contributed by atoms with E-state index in [-0.39, 0.29) is 47.7 Å². The van der Waals surface area contributed by atoms with Gasteiger partial charge >= 0.3 is 18.9 Å². The quantitative estimate of drug-likeness (QED) is 0.354. The monoisotopic (exact) mass is 147 g/mol. The van der Waals surface area contributed by atoms with E-state index in [0.717, 1.165) is 0 Å². The van der Waals surface area contributed by atoms with Crippen LogP contribution in [0.25, 0.3) is 0 Å². The van der Waals surface area contributed by atoms with E-state index in [1.165, 1.54) is 0 Å². The average Bonchev–Trinajstić information content (AvgIpc) is 0.918. The second-order valence-electron chi connectivity index (χ2n) is 0.105. The van der Waals surface area contributed by atoms with Crippen LogP contribution >= 0.6 is 0 Å². The Morgan fingerprint density at radius 1 is 1.60 bits per heavy atom. The van der Waals surface area contributed by atoms with E-state index in [1.54, 1.807) is 0 Å². The van der Waals surface area contributed by atoms with Crippen molar-refractivity contribution < 1.29 is 32.3 Å². The van der Waals surface area contributed by atoms with Gasteiger partial charge in [-0.25, -0.2) is 0 Å². The molecule has 1 radical (unpaired) electrons. The van der Waals surface area contributed by atoms with Crippen LogP contribution in [0.3, 0.4) is 0 Å². The molecule has 0 heterocycles. The fraction of sp³-hybridized carbons (Fsp3) is 0. The normalized spacial score (nSPS) is 2.40. The molecule has 0 bridgehead atoms. The molecule has 0 saturated heterocycles. The van der Waals surface area contributed by atoms with Crippen molar-refractivity contribution in [1.82, 2.24) is 0 Å². The molecule has 4 heteroatoms. The van der Waals surface area contributed by atoms with Crippen LogP contribution in [0.4, 0.5) is 0 Å². The van der Waals surface area contributed by atoms with E-state index in [9.17, 15) is 0 Å². The predicted octanol–water partition coefficient (Wildman–Crippen LogP) is -0.950. The molecule has 0 rings (SSSR count). The molecular weight excluding hydrogens is 144 g/mol. The third-order valence-electron chi connectivity index (χ3n) is 0. The van der Waals surface area contributed by atoms with Gasteiger partial charge in [0, 0.05) is 22.4 Å². The zero-order valence-corrected chi connectivity index (χ0v) is 4.08. The third-order valence-corrected chi connectivity index (χ3v) is 0. The number of hydrogen-bond acceptors (Lipinski definition) is 1. The standard InChI is InChI=1S/CH2O2.Li.Nb.H/c2-1-3;;;/h1H,(H,2,3);;;. The molecule has 0 aliphatic carbocycles. The minimum absolute atomic E-state index is 0. The minimum atomic E-state index is -0.250. The molecule has 0 aliphatic rings. The molecular formula is CH3LiNbO2. The predicted molar refractivity (Wildman–Crippen MR) is 15.8 cm³/mol. The molecule has 0 unspecified atom stereocenters. The molecule has 0 aliphatic heterocycles. The van der Waals surface area contributed by atoms with Crippen LogP contribution in [-0.4, -0.2) is 30.4 Å². The van der Waals surface area contributed by atoms with E-state index >= 15 is 0 Å². The Morgan fingerprint density at radius 2 is 1.60 bits per heavy atom. The van der Waals surface area contributed by atoms with Crippen LogP contribution in [0.15, 0.2) is 0 Å². The molecule has 2 nitrogen and oxygen atoms in total. The Labute approximate surface area is 57.6 Å². The molecule has 0 aromatic heterocycles. The summed E-state index contributed by atoms with van der Waals surface area (Å²) in [7, 11) is 0. The van der Waals surface area contributed by atoms with Gasteiger partial charge in [0.25, 0.3) is 6.47 Å². The molecule has 0 spiro atoms. The first kappa shape index (κ1) is 17.0. The van der Waals surface area contributed by atoms with Gasteiger partial charge in [-0.05, 0) is 0 Å². The summed E-state index contributed by atoms with van der Waals surface area (Å²) < 4.78 is 0. The first-order valence-electron chi connectivity index (χ1n) is 0.494. The van der Waals surface area contributed by atoms with Crippen molar-refractivity contribution in [2.45, 2.75) is 0 Å². The molecule has 0 aromatic rings. The van der Waals surface area contributed by atoms with E-state index < -0.39 is 0 Å². The number of rotatable bonds is 0. The summed E-state index contributed by atoms with van der Waals surface area (Å²) in [6.45, 7) is -0.250. The number of hydrogen-bond donors (Lipinski definition) is 1. The van der Waals surface area contributed by atoms with Gasteiger partial charge in [-0.15, -0.1) is 0 Å². The minimum Gasteiger partial charge on any atom is 0 e. The summed E-state index contributed by atoms with van der Waals surface area (Å²) >= 11 is 0. The SMILES string of the molecule is O=CO.[LiH].[Nb]. The Hall–Kier alpha value is 0.808. The van der Waals surface area contributed by atoms with Crippen molar-refractivity contribution in [3.8, 4) is 0 Å². The van der Waals surface area contributed by atoms with Crippen molar-refractivity contribution in [3.05, 3.63) is 0 Å². The molecule has 25 valence electrons. The molecule has 0 aromatic carbocycles. The zero-order chi connectivity index (χ0) is 2.71. The van der Waals surface area contributed by atoms with Crippen LogP contribution in [-0.2, 0) is 27.2 Å². The van der Waals surface area contributed by atoms with Gasteiger partial charge in [-0.3, -0.25) is 4.79 Å². The number of carboxylic acid groups (broad SMARTS) is 1. The van der Waals surface area contributed by atoms with E-state index in [1.807, 2.05) is 0 Å².